The molecule has 0 N–H and O–H groups in total. The minimum absolute atomic E-state index is 0.0439. The van der Waals surface area contributed by atoms with E-state index in [4.69, 9.17) is 0 Å². The van der Waals surface area contributed by atoms with Crippen LogP contribution in [-0.2, 0) is 4.79 Å². The number of ether oxygens (including phenoxy) is 1. The lowest BCUT2D eigenvalue weighted by molar-refractivity contribution is -0.274. The molecule has 0 aromatic heterocycles. The van der Waals surface area contributed by atoms with Crippen LogP contribution in [-0.4, -0.2) is 17.0 Å². The highest BCUT2D eigenvalue weighted by Gasteiger charge is 2.38. The summed E-state index contributed by atoms with van der Waals surface area (Å²) in [7, 11) is 0. The number of ketones is 1. The third-order valence-corrected chi connectivity index (χ3v) is 3.77. The van der Waals surface area contributed by atoms with Crippen molar-refractivity contribution in [2.75, 3.05) is 0 Å². The molecule has 2 rings (SSSR count). The highest BCUT2D eigenvalue weighted by atomic mass is 79.9. The second-order valence-electron chi connectivity index (χ2n) is 3.80. The number of alkyl halides is 4. The first kappa shape index (κ1) is 12.4. The molecule has 1 aromatic carbocycles. The molecule has 0 amide bonds. The van der Waals surface area contributed by atoms with Crippen LogP contribution in [0.25, 0.3) is 0 Å². The van der Waals surface area contributed by atoms with Crippen molar-refractivity contribution in [2.45, 2.75) is 23.5 Å². The molecule has 0 bridgehead atoms. The molecule has 6 heteroatoms. The molecule has 1 saturated carbocycles. The van der Waals surface area contributed by atoms with Gasteiger partial charge < -0.3 is 4.74 Å². The van der Waals surface area contributed by atoms with Gasteiger partial charge in [0.15, 0.2) is 0 Å². The Balaban J connectivity index is 2.06. The summed E-state index contributed by atoms with van der Waals surface area (Å²) >= 11 is 3.24. The maximum Gasteiger partial charge on any atom is 0.573 e. The molecule has 0 spiro atoms. The van der Waals surface area contributed by atoms with Gasteiger partial charge in [0.25, 0.3) is 0 Å². The van der Waals surface area contributed by atoms with Crippen LogP contribution in [0.1, 0.15) is 17.9 Å². The predicted octanol–water partition coefficient (Wildman–Crippen LogP) is 3.41. The molecule has 1 aliphatic rings. The Hall–Kier alpha value is -1.04. The summed E-state index contributed by atoms with van der Waals surface area (Å²) in [5, 5.41) is 0. The third-order valence-electron chi connectivity index (χ3n) is 2.62. The second-order valence-corrected chi connectivity index (χ2v) is 4.78. The van der Waals surface area contributed by atoms with Gasteiger partial charge in [0.1, 0.15) is 11.5 Å². The first-order valence-corrected chi connectivity index (χ1v) is 5.81. The van der Waals surface area contributed by atoms with Crippen LogP contribution in [0, 0.1) is 0 Å². The Bertz CT molecular complexity index is 427. The van der Waals surface area contributed by atoms with Gasteiger partial charge in [0, 0.05) is 12.3 Å². The van der Waals surface area contributed by atoms with E-state index >= 15 is 0 Å². The molecule has 1 aromatic rings. The lowest BCUT2D eigenvalue weighted by atomic mass is 9.79. The van der Waals surface area contributed by atoms with Crippen molar-refractivity contribution < 1.29 is 22.7 Å². The zero-order chi connectivity index (χ0) is 12.6. The molecule has 1 aliphatic carbocycles. The zero-order valence-corrected chi connectivity index (χ0v) is 10.1. The van der Waals surface area contributed by atoms with Crippen molar-refractivity contribution >= 4 is 21.7 Å². The summed E-state index contributed by atoms with van der Waals surface area (Å²) in [6, 6.07) is 5.61. The van der Waals surface area contributed by atoms with Crippen LogP contribution >= 0.6 is 15.9 Å². The molecule has 2 atom stereocenters. The van der Waals surface area contributed by atoms with Crippen LogP contribution in [0.3, 0.4) is 0 Å². The standard InChI is InChI=1S/C11H8BrF3O2/c12-10-8(5-9(10)16)6-1-3-7(4-2-6)17-11(13,14)15/h1-4,8,10H,5H2. The van der Waals surface area contributed by atoms with Crippen molar-refractivity contribution in [1.82, 2.24) is 0 Å². The van der Waals surface area contributed by atoms with E-state index in [0.717, 1.165) is 5.56 Å². The van der Waals surface area contributed by atoms with Crippen LogP contribution in [0.5, 0.6) is 5.75 Å². The highest BCUT2D eigenvalue weighted by molar-refractivity contribution is 9.10. The summed E-state index contributed by atoms with van der Waals surface area (Å²) in [5.74, 6) is -0.0916. The van der Waals surface area contributed by atoms with Gasteiger partial charge in [0.05, 0.1) is 4.83 Å². The van der Waals surface area contributed by atoms with Gasteiger partial charge in [-0.05, 0) is 17.7 Å². The van der Waals surface area contributed by atoms with Crippen molar-refractivity contribution in [2.24, 2.45) is 0 Å². The van der Waals surface area contributed by atoms with Gasteiger partial charge in [-0.25, -0.2) is 0 Å². The Labute approximate surface area is 104 Å². The van der Waals surface area contributed by atoms with Crippen molar-refractivity contribution in [1.29, 1.82) is 0 Å². The average Bonchev–Trinajstić information content (AvgIpc) is 2.25. The van der Waals surface area contributed by atoms with Crippen molar-refractivity contribution in [3.63, 3.8) is 0 Å². The van der Waals surface area contributed by atoms with Crippen molar-refractivity contribution in [3.8, 4) is 5.75 Å². The van der Waals surface area contributed by atoms with E-state index in [-0.39, 0.29) is 22.3 Å². The maximum absolute atomic E-state index is 11.9. The van der Waals surface area contributed by atoms with Gasteiger partial charge >= 0.3 is 6.36 Å². The van der Waals surface area contributed by atoms with E-state index in [1.165, 1.54) is 12.1 Å². The van der Waals surface area contributed by atoms with E-state index in [1.54, 1.807) is 12.1 Å². The molecule has 17 heavy (non-hydrogen) atoms. The number of carbonyl (C=O) groups excluding carboxylic acids is 1. The summed E-state index contributed by atoms with van der Waals surface area (Å²) in [6.07, 6.45) is -4.25. The molecule has 0 radical (unpaired) electrons. The normalized spacial score (nSPS) is 24.4. The van der Waals surface area contributed by atoms with Crippen LogP contribution in [0.15, 0.2) is 24.3 Å². The van der Waals surface area contributed by atoms with Crippen LogP contribution < -0.4 is 4.74 Å². The molecule has 0 aliphatic heterocycles. The second kappa shape index (κ2) is 4.33. The molecule has 0 heterocycles. The van der Waals surface area contributed by atoms with Gasteiger partial charge in [0.2, 0.25) is 0 Å². The topological polar surface area (TPSA) is 26.3 Å². The Morgan fingerprint density at radius 3 is 2.24 bits per heavy atom. The lowest BCUT2D eigenvalue weighted by Gasteiger charge is -2.30. The van der Waals surface area contributed by atoms with Crippen molar-refractivity contribution in [3.05, 3.63) is 29.8 Å². The van der Waals surface area contributed by atoms with Crippen LogP contribution in [0.4, 0.5) is 13.2 Å². The fourth-order valence-corrected chi connectivity index (χ4v) is 2.38. The monoisotopic (exact) mass is 308 g/mol. The highest BCUT2D eigenvalue weighted by Crippen LogP contribution is 2.39. The number of benzene rings is 1. The number of Topliss-reactive ketones (excluding diaryl/α,β-unsaturated/α-hetero) is 1. The number of hydrogen-bond acceptors (Lipinski definition) is 2. The number of halogens is 4. The Morgan fingerprint density at radius 1 is 1.24 bits per heavy atom. The van der Waals surface area contributed by atoms with Gasteiger partial charge in [-0.1, -0.05) is 28.1 Å². The van der Waals surface area contributed by atoms with E-state index < -0.39 is 6.36 Å². The molecule has 92 valence electrons. The Morgan fingerprint density at radius 2 is 1.82 bits per heavy atom. The minimum atomic E-state index is -4.67. The van der Waals surface area contributed by atoms with E-state index in [9.17, 15) is 18.0 Å². The molecule has 1 fully saturated rings. The van der Waals surface area contributed by atoms with Gasteiger partial charge in [-0.3, -0.25) is 4.79 Å². The zero-order valence-electron chi connectivity index (χ0n) is 8.50. The van der Waals surface area contributed by atoms with Crippen LogP contribution in [0.2, 0.25) is 0 Å². The number of rotatable bonds is 2. The molecular formula is C11H8BrF3O2. The third kappa shape index (κ3) is 2.80. The van der Waals surface area contributed by atoms with E-state index in [0.29, 0.717) is 6.42 Å². The Kier molecular flexibility index (Phi) is 3.16. The molecule has 2 nitrogen and oxygen atoms in total. The summed E-state index contributed by atoms with van der Waals surface area (Å²) in [4.78, 5) is 10.8. The minimum Gasteiger partial charge on any atom is -0.406 e. The number of hydrogen-bond donors (Lipinski definition) is 0. The molecule has 2 unspecified atom stereocenters. The quantitative estimate of drug-likeness (QED) is 0.783. The largest absolute Gasteiger partial charge is 0.573 e. The lowest BCUT2D eigenvalue weighted by Crippen LogP contribution is -2.35. The molecule has 0 saturated heterocycles. The SMILES string of the molecule is O=C1CC(c2ccc(OC(F)(F)F)cc2)C1Br. The fraction of sp³-hybridized carbons (Fsp3) is 0.364. The smallest absolute Gasteiger partial charge is 0.406 e. The van der Waals surface area contributed by atoms with Gasteiger partial charge in [-0.15, -0.1) is 13.2 Å². The first-order valence-electron chi connectivity index (χ1n) is 4.89. The fourth-order valence-electron chi connectivity index (χ4n) is 1.70. The molecular weight excluding hydrogens is 301 g/mol. The van der Waals surface area contributed by atoms with E-state index in [1.807, 2.05) is 0 Å². The van der Waals surface area contributed by atoms with Gasteiger partial charge in [-0.2, -0.15) is 0 Å². The summed E-state index contributed by atoms with van der Waals surface area (Å²) in [5.41, 5.74) is 0.834. The average molecular weight is 309 g/mol. The summed E-state index contributed by atoms with van der Waals surface area (Å²) < 4.78 is 39.5. The predicted molar refractivity (Wildman–Crippen MR) is 58.2 cm³/mol. The summed E-state index contributed by atoms with van der Waals surface area (Å²) in [6.45, 7) is 0. The number of carbonyl (C=O) groups is 1. The van der Waals surface area contributed by atoms with E-state index in [2.05, 4.69) is 20.7 Å². The first-order chi connectivity index (χ1) is 7.87. The maximum atomic E-state index is 11.9.